The van der Waals surface area contributed by atoms with Crippen molar-refractivity contribution in [1.29, 1.82) is 0 Å². The van der Waals surface area contributed by atoms with Gasteiger partial charge in [-0.1, -0.05) is 36.4 Å². The van der Waals surface area contributed by atoms with Gasteiger partial charge in [0.25, 0.3) is 0 Å². The van der Waals surface area contributed by atoms with Gasteiger partial charge in [-0.2, -0.15) is 0 Å². The van der Waals surface area contributed by atoms with Crippen molar-refractivity contribution in [1.82, 2.24) is 5.32 Å². The van der Waals surface area contributed by atoms with Crippen LogP contribution < -0.4 is 15.4 Å². The third kappa shape index (κ3) is 2.92. The van der Waals surface area contributed by atoms with Crippen LogP contribution in [0.1, 0.15) is 24.0 Å². The zero-order valence-corrected chi connectivity index (χ0v) is 15.0. The molecule has 0 radical (unpaired) electrons. The fourth-order valence-electron chi connectivity index (χ4n) is 4.22. The molecule has 2 aliphatic heterocycles. The summed E-state index contributed by atoms with van der Waals surface area (Å²) in [7, 11) is 1.52. The Morgan fingerprint density at radius 3 is 2.93 bits per heavy atom. The predicted octanol–water partition coefficient (Wildman–Crippen LogP) is 2.94. The van der Waals surface area contributed by atoms with Gasteiger partial charge in [-0.25, -0.2) is 0 Å². The third-order valence-corrected chi connectivity index (χ3v) is 5.55. The largest absolute Gasteiger partial charge is 0.504 e. The second-order valence-corrected chi connectivity index (χ2v) is 7.08. The Hall–Kier alpha value is -2.99. The van der Waals surface area contributed by atoms with Crippen molar-refractivity contribution < 1.29 is 19.7 Å². The van der Waals surface area contributed by atoms with E-state index in [1.54, 1.807) is 12.1 Å². The number of allylic oxidation sites excluding steroid dienone is 1. The second-order valence-electron chi connectivity index (χ2n) is 7.08. The first-order valence-electron chi connectivity index (χ1n) is 8.92. The Labute approximate surface area is 157 Å². The minimum atomic E-state index is -0.824. The topological polar surface area (TPSA) is 90.8 Å². The molecule has 140 valence electrons. The highest BCUT2D eigenvalue weighted by Crippen LogP contribution is 2.49. The number of methoxy groups -OCH3 is 1. The van der Waals surface area contributed by atoms with E-state index < -0.39 is 12.0 Å². The molecule has 0 aromatic heterocycles. The van der Waals surface area contributed by atoms with Crippen LogP contribution in [0.3, 0.4) is 0 Å². The highest BCUT2D eigenvalue weighted by Gasteiger charge is 2.54. The van der Waals surface area contributed by atoms with Gasteiger partial charge in [-0.15, -0.1) is 0 Å². The minimum absolute atomic E-state index is 0.103. The number of benzene rings is 2. The highest BCUT2D eigenvalue weighted by molar-refractivity contribution is 5.76. The quantitative estimate of drug-likeness (QED) is 0.650. The van der Waals surface area contributed by atoms with Gasteiger partial charge < -0.3 is 20.3 Å². The number of carboxylic acids is 1. The van der Waals surface area contributed by atoms with Gasteiger partial charge in [0, 0.05) is 11.1 Å². The van der Waals surface area contributed by atoms with Crippen molar-refractivity contribution in [2.75, 3.05) is 12.4 Å². The van der Waals surface area contributed by atoms with Crippen molar-refractivity contribution in [2.24, 2.45) is 0 Å². The van der Waals surface area contributed by atoms with Crippen molar-refractivity contribution >= 4 is 17.7 Å². The smallest absolute Gasteiger partial charge is 0.320 e. The fraction of sp³-hybridized carbons (Fsp3) is 0.286. The summed E-state index contributed by atoms with van der Waals surface area (Å²) in [5.41, 5.74) is 2.81. The van der Waals surface area contributed by atoms with Crippen LogP contribution >= 0.6 is 0 Å². The molecule has 2 aromatic carbocycles. The molecule has 0 spiro atoms. The molecule has 3 unspecified atom stereocenters. The van der Waals surface area contributed by atoms with Gasteiger partial charge in [0.1, 0.15) is 6.04 Å². The number of hydrogen-bond acceptors (Lipinski definition) is 5. The molecular formula is C21H22N2O4. The van der Waals surface area contributed by atoms with Crippen molar-refractivity contribution in [3.05, 3.63) is 59.7 Å². The first kappa shape index (κ1) is 17.4. The number of phenols is 1. The molecule has 0 bridgehead atoms. The predicted molar refractivity (Wildman–Crippen MR) is 103 cm³/mol. The van der Waals surface area contributed by atoms with E-state index in [1.165, 1.54) is 7.11 Å². The van der Waals surface area contributed by atoms with E-state index in [1.807, 2.05) is 30.3 Å². The lowest BCUT2D eigenvalue weighted by Gasteiger charge is -2.27. The Bertz CT molecular complexity index is 911. The van der Waals surface area contributed by atoms with Crippen LogP contribution in [0.2, 0.25) is 0 Å². The lowest BCUT2D eigenvalue weighted by Crippen LogP contribution is -2.42. The lowest BCUT2D eigenvalue weighted by atomic mass is 9.75. The maximum Gasteiger partial charge on any atom is 0.320 e. The molecule has 1 fully saturated rings. The molecule has 0 amide bonds. The monoisotopic (exact) mass is 366 g/mol. The molecule has 1 saturated heterocycles. The third-order valence-electron chi connectivity index (χ3n) is 5.55. The maximum atomic E-state index is 11.5. The number of anilines is 1. The number of carboxylic acid groups (broad SMARTS) is 1. The number of para-hydroxylation sites is 1. The number of ether oxygens (including phenoxy) is 1. The zero-order chi connectivity index (χ0) is 19.0. The van der Waals surface area contributed by atoms with E-state index in [2.05, 4.69) is 22.8 Å². The van der Waals surface area contributed by atoms with E-state index >= 15 is 0 Å². The van der Waals surface area contributed by atoms with E-state index in [0.29, 0.717) is 18.6 Å². The lowest BCUT2D eigenvalue weighted by molar-refractivity contribution is -0.139. The summed E-state index contributed by atoms with van der Waals surface area (Å²) >= 11 is 0. The number of phenolic OH excluding ortho intramolecular Hbond substituents is 1. The summed E-state index contributed by atoms with van der Waals surface area (Å²) in [4.78, 5) is 11.5. The highest BCUT2D eigenvalue weighted by atomic mass is 16.5. The summed E-state index contributed by atoms with van der Waals surface area (Å²) in [6.07, 6.45) is 5.15. The summed E-state index contributed by atoms with van der Waals surface area (Å²) in [6, 6.07) is 12.7. The van der Waals surface area contributed by atoms with Crippen LogP contribution in [-0.2, 0) is 10.2 Å². The van der Waals surface area contributed by atoms with E-state index in [-0.39, 0.29) is 17.3 Å². The molecule has 2 aromatic rings. The number of nitrogens with one attached hydrogen (secondary N) is 2. The van der Waals surface area contributed by atoms with Gasteiger partial charge in [-0.05, 0) is 42.2 Å². The number of aliphatic carboxylic acids is 1. The minimum Gasteiger partial charge on any atom is -0.504 e. The number of carbonyl (C=O) groups is 1. The average Bonchev–Trinajstić information content (AvgIpc) is 3.16. The Balaban J connectivity index is 1.62. The number of aromatic hydroxyl groups is 1. The Kier molecular flexibility index (Phi) is 4.28. The zero-order valence-electron chi connectivity index (χ0n) is 15.0. The van der Waals surface area contributed by atoms with E-state index in [9.17, 15) is 15.0 Å². The molecule has 0 aliphatic carbocycles. The van der Waals surface area contributed by atoms with Crippen LogP contribution in [0.15, 0.2) is 48.5 Å². The number of fused-ring (bicyclic) bond motifs is 3. The molecule has 3 atom stereocenters. The fourth-order valence-corrected chi connectivity index (χ4v) is 4.22. The first-order chi connectivity index (χ1) is 13.0. The summed E-state index contributed by atoms with van der Waals surface area (Å²) in [5, 5.41) is 25.8. The normalized spacial score (nSPS) is 25.8. The molecule has 0 saturated carbocycles. The van der Waals surface area contributed by atoms with Crippen LogP contribution in [0.4, 0.5) is 5.69 Å². The van der Waals surface area contributed by atoms with E-state index in [0.717, 1.165) is 16.8 Å². The SMILES string of the molecule is COc1cc(C=CCC23CC(C(=O)O)NC2Nc2ccccc23)ccc1O. The summed E-state index contributed by atoms with van der Waals surface area (Å²) in [6.45, 7) is 0. The summed E-state index contributed by atoms with van der Waals surface area (Å²) in [5.74, 6) is -0.295. The molecule has 6 heteroatoms. The van der Waals surface area contributed by atoms with Gasteiger partial charge >= 0.3 is 5.97 Å². The first-order valence-corrected chi connectivity index (χ1v) is 8.92. The standard InChI is InChI=1S/C21H22N2O4/c1-27-18-11-13(8-9-17(18)24)5-4-10-21-12-16(19(25)26)23-20(21)22-15-7-3-2-6-14(15)21/h2-9,11,16,20,22-24H,10,12H2,1H3,(H,25,26). The second kappa shape index (κ2) is 6.63. The van der Waals surface area contributed by atoms with Gasteiger partial charge in [0.05, 0.1) is 13.3 Å². The van der Waals surface area contributed by atoms with Crippen LogP contribution in [-0.4, -0.2) is 35.5 Å². The number of hydrogen-bond donors (Lipinski definition) is 4. The number of rotatable bonds is 5. The van der Waals surface area contributed by atoms with Crippen LogP contribution in [0.25, 0.3) is 6.08 Å². The molecule has 6 nitrogen and oxygen atoms in total. The van der Waals surface area contributed by atoms with Crippen molar-refractivity contribution in [2.45, 2.75) is 30.5 Å². The Morgan fingerprint density at radius 1 is 1.33 bits per heavy atom. The maximum absolute atomic E-state index is 11.5. The Morgan fingerprint density at radius 2 is 2.15 bits per heavy atom. The molecular weight excluding hydrogens is 344 g/mol. The van der Waals surface area contributed by atoms with Gasteiger partial charge in [0.2, 0.25) is 0 Å². The average molecular weight is 366 g/mol. The van der Waals surface area contributed by atoms with Gasteiger partial charge in [0.15, 0.2) is 11.5 Å². The summed E-state index contributed by atoms with van der Waals surface area (Å²) < 4.78 is 5.15. The van der Waals surface area contributed by atoms with Crippen molar-refractivity contribution in [3.63, 3.8) is 0 Å². The molecule has 27 heavy (non-hydrogen) atoms. The van der Waals surface area contributed by atoms with Crippen LogP contribution in [0, 0.1) is 0 Å². The van der Waals surface area contributed by atoms with Gasteiger partial charge in [-0.3, -0.25) is 10.1 Å². The molecule has 2 heterocycles. The van der Waals surface area contributed by atoms with E-state index in [4.69, 9.17) is 4.74 Å². The molecule has 2 aliphatic rings. The van der Waals surface area contributed by atoms with Crippen molar-refractivity contribution in [3.8, 4) is 11.5 Å². The van der Waals surface area contributed by atoms with Crippen LogP contribution in [0.5, 0.6) is 11.5 Å². The molecule has 4 N–H and O–H groups in total. The molecule has 4 rings (SSSR count).